The average molecular weight is 267 g/mol. The van der Waals surface area contributed by atoms with E-state index in [1.54, 1.807) is 5.51 Å². The zero-order chi connectivity index (χ0) is 12.8. The molecule has 1 aliphatic heterocycles. The van der Waals surface area contributed by atoms with Crippen LogP contribution < -0.4 is 5.32 Å². The second-order valence-electron chi connectivity index (χ2n) is 4.77. The SMILES string of the molecule is CCCN(CC1CCCCN1)C(=O)c1cscn1. The van der Waals surface area contributed by atoms with Crippen molar-refractivity contribution in [3.8, 4) is 0 Å². The number of hydrogen-bond donors (Lipinski definition) is 1. The molecule has 4 nitrogen and oxygen atoms in total. The van der Waals surface area contributed by atoms with Crippen molar-refractivity contribution in [2.45, 2.75) is 38.6 Å². The van der Waals surface area contributed by atoms with Gasteiger partial charge in [0.05, 0.1) is 5.51 Å². The minimum Gasteiger partial charge on any atom is -0.336 e. The van der Waals surface area contributed by atoms with Gasteiger partial charge < -0.3 is 10.2 Å². The van der Waals surface area contributed by atoms with Gasteiger partial charge in [0.15, 0.2) is 0 Å². The number of aromatic nitrogens is 1. The zero-order valence-electron chi connectivity index (χ0n) is 10.9. The summed E-state index contributed by atoms with van der Waals surface area (Å²) < 4.78 is 0. The fraction of sp³-hybridized carbons (Fsp3) is 0.692. The fourth-order valence-electron chi connectivity index (χ4n) is 2.37. The molecule has 0 bridgehead atoms. The maximum atomic E-state index is 12.3. The molecule has 0 aromatic carbocycles. The standard InChI is InChI=1S/C13H21N3OS/c1-2-7-16(8-11-5-3-4-6-14-11)13(17)12-9-18-10-15-12/h9-11,14H,2-8H2,1H3. The lowest BCUT2D eigenvalue weighted by molar-refractivity contribution is 0.0726. The predicted octanol–water partition coefficient (Wildman–Crippen LogP) is 2.14. The van der Waals surface area contributed by atoms with Crippen molar-refractivity contribution in [3.63, 3.8) is 0 Å². The molecule has 0 aliphatic carbocycles. The molecule has 1 aliphatic rings. The van der Waals surface area contributed by atoms with Crippen LogP contribution in [0.15, 0.2) is 10.9 Å². The molecule has 1 aromatic rings. The minimum atomic E-state index is 0.0745. The van der Waals surface area contributed by atoms with Gasteiger partial charge in [0.25, 0.3) is 5.91 Å². The van der Waals surface area contributed by atoms with E-state index in [2.05, 4.69) is 17.2 Å². The third-order valence-corrected chi connectivity index (χ3v) is 3.87. The van der Waals surface area contributed by atoms with Gasteiger partial charge in [-0.2, -0.15) is 0 Å². The van der Waals surface area contributed by atoms with Gasteiger partial charge in [-0.3, -0.25) is 4.79 Å². The predicted molar refractivity (Wildman–Crippen MR) is 74.0 cm³/mol. The molecule has 2 rings (SSSR count). The first-order chi connectivity index (χ1) is 8.81. The highest BCUT2D eigenvalue weighted by Gasteiger charge is 2.21. The molecule has 1 atom stereocenters. The largest absolute Gasteiger partial charge is 0.336 e. The summed E-state index contributed by atoms with van der Waals surface area (Å²) in [6.07, 6.45) is 4.68. The van der Waals surface area contributed by atoms with Gasteiger partial charge >= 0.3 is 0 Å². The van der Waals surface area contributed by atoms with E-state index in [0.717, 1.165) is 26.1 Å². The minimum absolute atomic E-state index is 0.0745. The number of amides is 1. The quantitative estimate of drug-likeness (QED) is 0.889. The fourth-order valence-corrected chi connectivity index (χ4v) is 2.90. The van der Waals surface area contributed by atoms with E-state index in [1.807, 2.05) is 10.3 Å². The Kier molecular flexibility index (Phi) is 5.13. The molecular formula is C13H21N3OS. The van der Waals surface area contributed by atoms with Crippen LogP contribution in [0.4, 0.5) is 0 Å². The van der Waals surface area contributed by atoms with Gasteiger partial charge in [-0.25, -0.2) is 4.98 Å². The lowest BCUT2D eigenvalue weighted by atomic mass is 10.0. The van der Waals surface area contributed by atoms with E-state index < -0.39 is 0 Å². The van der Waals surface area contributed by atoms with E-state index in [1.165, 1.54) is 30.6 Å². The van der Waals surface area contributed by atoms with Crippen molar-refractivity contribution in [2.75, 3.05) is 19.6 Å². The Labute approximate surface area is 112 Å². The Bertz CT molecular complexity index is 360. The molecule has 1 unspecified atom stereocenters. The third kappa shape index (κ3) is 3.53. The van der Waals surface area contributed by atoms with Crippen molar-refractivity contribution < 1.29 is 4.79 Å². The van der Waals surface area contributed by atoms with E-state index in [-0.39, 0.29) is 5.91 Å². The van der Waals surface area contributed by atoms with Crippen LogP contribution in [0.25, 0.3) is 0 Å². The second-order valence-corrected chi connectivity index (χ2v) is 5.49. The summed E-state index contributed by atoms with van der Waals surface area (Å²) >= 11 is 1.48. The van der Waals surface area contributed by atoms with Crippen molar-refractivity contribution in [1.29, 1.82) is 0 Å². The Hall–Kier alpha value is -0.940. The second kappa shape index (κ2) is 6.85. The van der Waals surface area contributed by atoms with Crippen LogP contribution >= 0.6 is 11.3 Å². The Morgan fingerprint density at radius 2 is 2.50 bits per heavy atom. The first-order valence-corrected chi connectivity index (χ1v) is 7.66. The molecular weight excluding hydrogens is 246 g/mol. The molecule has 5 heteroatoms. The molecule has 100 valence electrons. The molecule has 1 fully saturated rings. The van der Waals surface area contributed by atoms with Gasteiger partial charge in [-0.05, 0) is 25.8 Å². The highest BCUT2D eigenvalue weighted by Crippen LogP contribution is 2.12. The number of hydrogen-bond acceptors (Lipinski definition) is 4. The Morgan fingerprint density at radius 1 is 1.61 bits per heavy atom. The number of rotatable bonds is 5. The van der Waals surface area contributed by atoms with Crippen LogP contribution in [0.3, 0.4) is 0 Å². The van der Waals surface area contributed by atoms with E-state index in [4.69, 9.17) is 0 Å². The molecule has 0 radical (unpaired) electrons. The van der Waals surface area contributed by atoms with Gasteiger partial charge in [0.1, 0.15) is 5.69 Å². The lowest BCUT2D eigenvalue weighted by Gasteiger charge is -2.30. The maximum absolute atomic E-state index is 12.3. The normalized spacial score (nSPS) is 19.7. The number of carbonyl (C=O) groups is 1. The van der Waals surface area contributed by atoms with Crippen LogP contribution in [-0.4, -0.2) is 41.5 Å². The first-order valence-electron chi connectivity index (χ1n) is 6.72. The van der Waals surface area contributed by atoms with Gasteiger partial charge in [-0.15, -0.1) is 11.3 Å². The first kappa shape index (κ1) is 13.5. The highest BCUT2D eigenvalue weighted by atomic mass is 32.1. The molecule has 1 aromatic heterocycles. The monoisotopic (exact) mass is 267 g/mol. The van der Waals surface area contributed by atoms with Crippen molar-refractivity contribution >= 4 is 17.2 Å². The smallest absolute Gasteiger partial charge is 0.273 e. The number of nitrogens with one attached hydrogen (secondary N) is 1. The van der Waals surface area contributed by atoms with Crippen molar-refractivity contribution in [3.05, 3.63) is 16.6 Å². The topological polar surface area (TPSA) is 45.2 Å². The Balaban J connectivity index is 1.96. The zero-order valence-corrected chi connectivity index (χ0v) is 11.7. The number of piperidine rings is 1. The summed E-state index contributed by atoms with van der Waals surface area (Å²) in [6, 6.07) is 0.452. The summed E-state index contributed by atoms with van der Waals surface area (Å²) in [4.78, 5) is 18.4. The van der Waals surface area contributed by atoms with Crippen LogP contribution in [0.2, 0.25) is 0 Å². The molecule has 0 saturated carbocycles. The van der Waals surface area contributed by atoms with Crippen LogP contribution in [0, 0.1) is 0 Å². The highest BCUT2D eigenvalue weighted by molar-refractivity contribution is 7.07. The summed E-state index contributed by atoms with van der Waals surface area (Å²) in [5.41, 5.74) is 2.31. The van der Waals surface area contributed by atoms with Crippen molar-refractivity contribution in [2.24, 2.45) is 0 Å². The maximum Gasteiger partial charge on any atom is 0.273 e. The van der Waals surface area contributed by atoms with Crippen LogP contribution in [0.1, 0.15) is 43.1 Å². The average Bonchev–Trinajstić information content (AvgIpc) is 2.92. The molecule has 1 saturated heterocycles. The van der Waals surface area contributed by atoms with Crippen LogP contribution in [0.5, 0.6) is 0 Å². The number of carbonyl (C=O) groups excluding carboxylic acids is 1. The summed E-state index contributed by atoms with van der Waals surface area (Å²) in [7, 11) is 0. The van der Waals surface area contributed by atoms with Crippen molar-refractivity contribution in [1.82, 2.24) is 15.2 Å². The molecule has 18 heavy (non-hydrogen) atoms. The van der Waals surface area contributed by atoms with Gasteiger partial charge in [0, 0.05) is 24.5 Å². The number of nitrogens with zero attached hydrogens (tertiary/aromatic N) is 2. The van der Waals surface area contributed by atoms with E-state index in [0.29, 0.717) is 11.7 Å². The van der Waals surface area contributed by atoms with Gasteiger partial charge in [-0.1, -0.05) is 13.3 Å². The van der Waals surface area contributed by atoms with Gasteiger partial charge in [0.2, 0.25) is 0 Å². The molecule has 1 amide bonds. The summed E-state index contributed by atoms with van der Waals surface area (Å²) in [6.45, 7) is 4.81. The van der Waals surface area contributed by atoms with E-state index in [9.17, 15) is 4.79 Å². The molecule has 2 heterocycles. The molecule has 1 N–H and O–H groups in total. The number of thiazole rings is 1. The Morgan fingerprint density at radius 3 is 3.11 bits per heavy atom. The summed E-state index contributed by atoms with van der Waals surface area (Å²) in [5, 5.41) is 5.33. The third-order valence-electron chi connectivity index (χ3n) is 3.29. The van der Waals surface area contributed by atoms with E-state index >= 15 is 0 Å². The van der Waals surface area contributed by atoms with Crippen LogP contribution in [-0.2, 0) is 0 Å². The summed E-state index contributed by atoms with van der Waals surface area (Å²) in [5.74, 6) is 0.0745. The molecule has 0 spiro atoms. The lowest BCUT2D eigenvalue weighted by Crippen LogP contribution is -2.46.